The average Bonchev–Trinajstić information content (AvgIpc) is 2.12. The zero-order chi connectivity index (χ0) is 5.98. The van der Waals surface area contributed by atoms with Crippen molar-refractivity contribution >= 4 is 18.5 Å². The summed E-state index contributed by atoms with van der Waals surface area (Å²) in [6.07, 6.45) is 4.48. The van der Waals surface area contributed by atoms with E-state index in [4.69, 9.17) is 11.2 Å². The van der Waals surface area contributed by atoms with Crippen molar-refractivity contribution in [3.8, 4) is 0 Å². The maximum atomic E-state index is 10.3. The first-order valence-corrected chi connectivity index (χ1v) is 4.04. The molecule has 0 aromatic carbocycles. The van der Waals surface area contributed by atoms with Crippen LogP contribution in [-0.4, -0.2) is 9.32 Å². The third-order valence-corrected chi connectivity index (χ3v) is 1.80. The van der Waals surface area contributed by atoms with Crippen molar-refractivity contribution in [1.29, 1.82) is 0 Å². The van der Waals surface area contributed by atoms with Gasteiger partial charge in [0, 0.05) is 6.20 Å². The number of hydrogen-bond acceptors (Lipinski definition) is 2. The predicted octanol–water partition coefficient (Wildman–Crippen LogP) is 1.63. The van der Waals surface area contributed by atoms with Crippen LogP contribution in [0.4, 0.5) is 0 Å². The lowest BCUT2D eigenvalue weighted by molar-refractivity contribution is 0.591. The molecule has 1 heterocycles. The molecule has 0 saturated heterocycles. The van der Waals surface area contributed by atoms with E-state index in [1.54, 1.807) is 6.20 Å². The molecule has 1 atom stereocenters. The van der Waals surface area contributed by atoms with E-state index in [1.807, 2.05) is 0 Å². The molecule has 0 N–H and O–H groups in total. The summed E-state index contributed by atoms with van der Waals surface area (Å²) in [6.45, 7) is 0. The Morgan fingerprint density at radius 2 is 2.50 bits per heavy atom. The van der Waals surface area contributed by atoms with Crippen molar-refractivity contribution in [3.05, 3.63) is 18.7 Å². The summed E-state index contributed by atoms with van der Waals surface area (Å²) in [5, 5.41) is 0. The first-order chi connectivity index (χ1) is 3.80. The summed E-state index contributed by atoms with van der Waals surface area (Å²) >= 11 is 5.18. The van der Waals surface area contributed by atoms with Crippen LogP contribution in [0.1, 0.15) is 0 Å². The second-order valence-electron chi connectivity index (χ2n) is 1.17. The molecular formula is C3H3ClN2OP+. The Labute approximate surface area is 51.9 Å². The lowest BCUT2D eigenvalue weighted by Crippen LogP contribution is -1.71. The summed E-state index contributed by atoms with van der Waals surface area (Å²) in [5.41, 5.74) is 0. The highest BCUT2D eigenvalue weighted by Gasteiger charge is 2.11. The standard InChI is InChI=1S/C3H3ClN2OP/c4-8(7)6-2-1-5-3-6/h1-3H/q+1. The molecular weight excluding hydrogens is 146 g/mol. The van der Waals surface area contributed by atoms with E-state index < -0.39 is 7.30 Å². The summed E-state index contributed by atoms with van der Waals surface area (Å²) in [6, 6.07) is 0. The molecule has 5 heteroatoms. The smallest absolute Gasteiger partial charge is 0.241 e. The normalized spacial score (nSPS) is 11.4. The molecule has 0 fully saturated rings. The van der Waals surface area contributed by atoms with Crippen molar-refractivity contribution in [2.24, 2.45) is 0 Å². The van der Waals surface area contributed by atoms with Gasteiger partial charge in [-0.3, -0.25) is 0 Å². The second kappa shape index (κ2) is 2.25. The summed E-state index contributed by atoms with van der Waals surface area (Å²) in [5.74, 6) is 0. The highest BCUT2D eigenvalue weighted by Crippen LogP contribution is 2.27. The Kier molecular flexibility index (Phi) is 1.61. The zero-order valence-electron chi connectivity index (χ0n) is 3.86. The van der Waals surface area contributed by atoms with Gasteiger partial charge in [0.15, 0.2) is 0 Å². The van der Waals surface area contributed by atoms with E-state index in [0.29, 0.717) is 0 Å². The van der Waals surface area contributed by atoms with Gasteiger partial charge in [-0.05, 0) is 4.57 Å². The topological polar surface area (TPSA) is 34.9 Å². The van der Waals surface area contributed by atoms with E-state index in [2.05, 4.69) is 4.98 Å². The molecule has 0 radical (unpaired) electrons. The fourth-order valence-corrected chi connectivity index (χ4v) is 0.919. The van der Waals surface area contributed by atoms with Gasteiger partial charge < -0.3 is 0 Å². The maximum Gasteiger partial charge on any atom is 0.590 e. The minimum atomic E-state index is -1.78. The van der Waals surface area contributed by atoms with E-state index in [-0.39, 0.29) is 0 Å². The number of halogens is 1. The maximum absolute atomic E-state index is 10.3. The van der Waals surface area contributed by atoms with Crippen LogP contribution in [0.2, 0.25) is 0 Å². The molecule has 8 heavy (non-hydrogen) atoms. The van der Waals surface area contributed by atoms with E-state index in [9.17, 15) is 4.57 Å². The van der Waals surface area contributed by atoms with Crippen LogP contribution < -0.4 is 0 Å². The molecule has 0 bridgehead atoms. The van der Waals surface area contributed by atoms with Gasteiger partial charge in [0.1, 0.15) is 6.33 Å². The number of imidazole rings is 1. The van der Waals surface area contributed by atoms with Gasteiger partial charge in [-0.15, -0.1) is 4.34 Å². The van der Waals surface area contributed by atoms with Crippen LogP contribution in [0.25, 0.3) is 0 Å². The predicted molar refractivity (Wildman–Crippen MR) is 31.1 cm³/mol. The summed E-state index contributed by atoms with van der Waals surface area (Å²) in [7, 11) is -1.78. The van der Waals surface area contributed by atoms with Crippen LogP contribution in [-0.2, 0) is 4.57 Å². The summed E-state index contributed by atoms with van der Waals surface area (Å²) in [4.78, 5) is 3.64. The number of nitrogens with zero attached hydrogens (tertiary/aromatic N) is 2. The molecule has 0 aliphatic rings. The number of rotatable bonds is 1. The summed E-state index contributed by atoms with van der Waals surface area (Å²) < 4.78 is 11.7. The molecule has 1 aromatic heterocycles. The zero-order valence-corrected chi connectivity index (χ0v) is 5.51. The van der Waals surface area contributed by atoms with E-state index in [0.717, 1.165) is 0 Å². The van der Waals surface area contributed by atoms with Crippen molar-refractivity contribution in [1.82, 2.24) is 9.32 Å². The van der Waals surface area contributed by atoms with Gasteiger partial charge in [0.05, 0.1) is 6.20 Å². The SMILES string of the molecule is O=[P+](Cl)n1ccnc1. The van der Waals surface area contributed by atoms with Gasteiger partial charge in [0.2, 0.25) is 11.2 Å². The Hall–Kier alpha value is -0.400. The molecule has 0 aliphatic carbocycles. The van der Waals surface area contributed by atoms with Crippen molar-refractivity contribution < 1.29 is 4.57 Å². The minimum absolute atomic E-state index is 1.33. The number of aromatic nitrogens is 2. The van der Waals surface area contributed by atoms with Crippen LogP contribution in [0.15, 0.2) is 18.7 Å². The first kappa shape index (κ1) is 5.73. The van der Waals surface area contributed by atoms with Crippen LogP contribution >= 0.6 is 18.5 Å². The quantitative estimate of drug-likeness (QED) is 0.569. The minimum Gasteiger partial charge on any atom is -0.241 e. The molecule has 0 spiro atoms. The molecule has 0 aliphatic heterocycles. The second-order valence-corrected chi connectivity index (χ2v) is 2.95. The molecule has 1 rings (SSSR count). The van der Waals surface area contributed by atoms with Crippen LogP contribution in [0.5, 0.6) is 0 Å². The highest BCUT2D eigenvalue weighted by molar-refractivity contribution is 7.72. The lowest BCUT2D eigenvalue weighted by Gasteiger charge is -1.68. The van der Waals surface area contributed by atoms with Gasteiger partial charge in [-0.25, -0.2) is 4.98 Å². The van der Waals surface area contributed by atoms with Crippen molar-refractivity contribution in [2.75, 3.05) is 0 Å². The molecule has 1 unspecified atom stereocenters. The fraction of sp³-hybridized carbons (Fsp3) is 0. The Morgan fingerprint density at radius 1 is 1.75 bits per heavy atom. The molecule has 1 aromatic rings. The van der Waals surface area contributed by atoms with Crippen molar-refractivity contribution in [3.63, 3.8) is 0 Å². The van der Waals surface area contributed by atoms with Gasteiger partial charge in [0.25, 0.3) is 0 Å². The van der Waals surface area contributed by atoms with Gasteiger partial charge in [-0.2, -0.15) is 0 Å². The number of hydrogen-bond donors (Lipinski definition) is 0. The Bertz CT molecular complexity index is 185. The lowest BCUT2D eigenvalue weighted by atomic mass is 11.0. The average molecular weight is 149 g/mol. The van der Waals surface area contributed by atoms with E-state index >= 15 is 0 Å². The third kappa shape index (κ3) is 1.05. The highest BCUT2D eigenvalue weighted by atomic mass is 35.7. The molecule has 0 saturated carbocycles. The monoisotopic (exact) mass is 149 g/mol. The van der Waals surface area contributed by atoms with E-state index in [1.165, 1.54) is 16.9 Å². The molecule has 0 amide bonds. The van der Waals surface area contributed by atoms with Gasteiger partial charge >= 0.3 is 7.30 Å². The van der Waals surface area contributed by atoms with Gasteiger partial charge in [-0.1, -0.05) is 0 Å². The fourth-order valence-electron chi connectivity index (χ4n) is 0.345. The first-order valence-electron chi connectivity index (χ1n) is 1.92. The van der Waals surface area contributed by atoms with Crippen LogP contribution in [0.3, 0.4) is 0 Å². The molecule has 3 nitrogen and oxygen atoms in total. The largest absolute Gasteiger partial charge is 0.590 e. The van der Waals surface area contributed by atoms with Crippen LogP contribution in [0, 0.1) is 0 Å². The Balaban J connectivity index is 2.93. The molecule has 42 valence electrons. The Morgan fingerprint density at radius 3 is 2.75 bits per heavy atom. The third-order valence-electron chi connectivity index (χ3n) is 0.672. The van der Waals surface area contributed by atoms with Crippen molar-refractivity contribution in [2.45, 2.75) is 0 Å².